The van der Waals surface area contributed by atoms with E-state index in [9.17, 15) is 4.79 Å². The molecule has 1 aromatic carbocycles. The maximum atomic E-state index is 11.8. The highest BCUT2D eigenvalue weighted by atomic mass is 127. The van der Waals surface area contributed by atoms with Gasteiger partial charge in [0.15, 0.2) is 0 Å². The Balaban J connectivity index is 2.03. The van der Waals surface area contributed by atoms with Crippen LogP contribution in [-0.4, -0.2) is 22.7 Å². The highest BCUT2D eigenvalue weighted by Crippen LogP contribution is 2.23. The number of alkyl carbamates (subject to hydrolysis) is 1. The number of benzene rings is 1. The van der Waals surface area contributed by atoms with Gasteiger partial charge in [0, 0.05) is 21.2 Å². The van der Waals surface area contributed by atoms with E-state index >= 15 is 0 Å². The summed E-state index contributed by atoms with van der Waals surface area (Å²) in [5.74, 6) is 0. The van der Waals surface area contributed by atoms with Gasteiger partial charge in [0.1, 0.15) is 5.60 Å². The molecule has 21 heavy (non-hydrogen) atoms. The second-order valence-corrected chi connectivity index (χ2v) is 7.39. The monoisotopic (exact) mass is 400 g/mol. The van der Waals surface area contributed by atoms with Crippen LogP contribution in [-0.2, 0) is 11.2 Å². The van der Waals surface area contributed by atoms with Crippen molar-refractivity contribution in [3.8, 4) is 0 Å². The molecule has 0 radical (unpaired) electrons. The predicted octanol–water partition coefficient (Wildman–Crippen LogP) is 4.23. The topological polar surface area (TPSA) is 54.1 Å². The molecule has 2 rings (SSSR count). The van der Waals surface area contributed by atoms with Gasteiger partial charge in [-0.25, -0.2) is 4.79 Å². The standard InChI is InChI=1S/C16H21IN2O2/c1-10(19-15(20)21-16(2,3)4)8-11-9-18-14-12(11)6-5-7-13(14)17/h5-7,9-10,18H,8H2,1-4H3,(H,19,20)/t10-/m1/s1. The van der Waals surface area contributed by atoms with E-state index in [1.165, 1.54) is 14.5 Å². The van der Waals surface area contributed by atoms with Crippen LogP contribution in [0.15, 0.2) is 24.4 Å². The number of rotatable bonds is 3. The van der Waals surface area contributed by atoms with E-state index in [0.29, 0.717) is 0 Å². The number of aromatic amines is 1. The molecule has 0 bridgehead atoms. The van der Waals surface area contributed by atoms with Crippen LogP contribution in [0.25, 0.3) is 10.9 Å². The summed E-state index contributed by atoms with van der Waals surface area (Å²) in [6.07, 6.45) is 2.41. The van der Waals surface area contributed by atoms with Crippen LogP contribution in [0.1, 0.15) is 33.3 Å². The molecule has 4 nitrogen and oxygen atoms in total. The molecule has 1 aromatic heterocycles. The maximum absolute atomic E-state index is 11.8. The molecular formula is C16H21IN2O2. The van der Waals surface area contributed by atoms with Crippen LogP contribution in [0.5, 0.6) is 0 Å². The Kier molecular flexibility index (Phi) is 4.81. The van der Waals surface area contributed by atoms with E-state index in [1.807, 2.05) is 40.0 Å². The molecule has 1 amide bonds. The summed E-state index contributed by atoms with van der Waals surface area (Å²) in [5, 5.41) is 4.09. The summed E-state index contributed by atoms with van der Waals surface area (Å²) >= 11 is 2.32. The first-order valence-electron chi connectivity index (χ1n) is 7.00. The number of H-pyrrole nitrogens is 1. The van der Waals surface area contributed by atoms with Gasteiger partial charge in [0.05, 0.1) is 5.52 Å². The molecule has 0 spiro atoms. The van der Waals surface area contributed by atoms with Crippen molar-refractivity contribution < 1.29 is 9.53 Å². The van der Waals surface area contributed by atoms with Crippen LogP contribution in [0.2, 0.25) is 0 Å². The molecule has 0 unspecified atom stereocenters. The summed E-state index contributed by atoms with van der Waals surface area (Å²) in [6.45, 7) is 7.56. The van der Waals surface area contributed by atoms with Crippen molar-refractivity contribution >= 4 is 39.6 Å². The van der Waals surface area contributed by atoms with Crippen LogP contribution in [0.4, 0.5) is 4.79 Å². The molecule has 2 N–H and O–H groups in total. The summed E-state index contributed by atoms with van der Waals surface area (Å²) < 4.78 is 6.47. The van der Waals surface area contributed by atoms with Crippen LogP contribution < -0.4 is 5.32 Å². The Hall–Kier alpha value is -1.24. The van der Waals surface area contributed by atoms with Crippen molar-refractivity contribution in [2.24, 2.45) is 0 Å². The quantitative estimate of drug-likeness (QED) is 0.758. The molecule has 114 valence electrons. The minimum absolute atomic E-state index is 0.0108. The van der Waals surface area contributed by atoms with Gasteiger partial charge in [-0.05, 0) is 68.3 Å². The van der Waals surface area contributed by atoms with Gasteiger partial charge < -0.3 is 15.0 Å². The zero-order valence-electron chi connectivity index (χ0n) is 12.8. The second-order valence-electron chi connectivity index (χ2n) is 6.23. The number of aromatic nitrogens is 1. The Labute approximate surface area is 138 Å². The van der Waals surface area contributed by atoms with Crippen molar-refractivity contribution in [1.82, 2.24) is 10.3 Å². The third-order valence-corrected chi connectivity index (χ3v) is 3.94. The summed E-state index contributed by atoms with van der Waals surface area (Å²) in [7, 11) is 0. The molecule has 0 fully saturated rings. The summed E-state index contributed by atoms with van der Waals surface area (Å²) in [5.41, 5.74) is 1.88. The molecular weight excluding hydrogens is 379 g/mol. The second kappa shape index (κ2) is 6.25. The molecule has 0 aliphatic carbocycles. The smallest absolute Gasteiger partial charge is 0.407 e. The third-order valence-electron chi connectivity index (χ3n) is 3.04. The van der Waals surface area contributed by atoms with Crippen LogP contribution >= 0.6 is 22.6 Å². The Bertz CT molecular complexity index is 643. The van der Waals surface area contributed by atoms with Gasteiger partial charge in [0.2, 0.25) is 0 Å². The van der Waals surface area contributed by atoms with Crippen LogP contribution in [0, 0.1) is 3.57 Å². The minimum atomic E-state index is -0.472. The molecule has 2 aromatic rings. The number of halogens is 1. The van der Waals surface area contributed by atoms with E-state index in [-0.39, 0.29) is 12.1 Å². The zero-order valence-corrected chi connectivity index (χ0v) is 14.9. The minimum Gasteiger partial charge on any atom is -0.444 e. The lowest BCUT2D eigenvalue weighted by Crippen LogP contribution is -2.38. The number of hydrogen-bond acceptors (Lipinski definition) is 2. The number of para-hydroxylation sites is 1. The Morgan fingerprint density at radius 2 is 2.14 bits per heavy atom. The molecule has 0 saturated carbocycles. The van der Waals surface area contributed by atoms with Gasteiger partial charge in [-0.15, -0.1) is 0 Å². The zero-order chi connectivity index (χ0) is 15.6. The fourth-order valence-electron chi connectivity index (χ4n) is 2.23. The number of ether oxygens (including phenoxy) is 1. The Morgan fingerprint density at radius 3 is 2.81 bits per heavy atom. The first-order valence-corrected chi connectivity index (χ1v) is 8.08. The number of carbonyl (C=O) groups is 1. The molecule has 0 aliphatic heterocycles. The van der Waals surface area contributed by atoms with Gasteiger partial charge in [-0.3, -0.25) is 0 Å². The normalized spacial score (nSPS) is 13.2. The van der Waals surface area contributed by atoms with E-state index in [0.717, 1.165) is 11.9 Å². The molecule has 1 heterocycles. The SMILES string of the molecule is C[C@H](Cc1c[nH]c2c(I)cccc12)NC(=O)OC(C)(C)C. The van der Waals surface area contributed by atoms with Crippen molar-refractivity contribution in [2.45, 2.75) is 45.8 Å². The van der Waals surface area contributed by atoms with Gasteiger partial charge in [0.25, 0.3) is 0 Å². The average molecular weight is 400 g/mol. The number of fused-ring (bicyclic) bond motifs is 1. The fraction of sp³-hybridized carbons (Fsp3) is 0.438. The molecule has 0 aliphatic rings. The van der Waals surface area contributed by atoms with Crippen molar-refractivity contribution in [3.63, 3.8) is 0 Å². The largest absolute Gasteiger partial charge is 0.444 e. The van der Waals surface area contributed by atoms with Crippen molar-refractivity contribution in [2.75, 3.05) is 0 Å². The van der Waals surface area contributed by atoms with Crippen molar-refractivity contribution in [3.05, 3.63) is 33.5 Å². The summed E-state index contributed by atoms with van der Waals surface area (Å²) in [6, 6.07) is 6.24. The number of carbonyl (C=O) groups excluding carboxylic acids is 1. The maximum Gasteiger partial charge on any atom is 0.407 e. The lowest BCUT2D eigenvalue weighted by Gasteiger charge is -2.21. The third kappa shape index (κ3) is 4.36. The average Bonchev–Trinajstić information content (AvgIpc) is 2.71. The highest BCUT2D eigenvalue weighted by Gasteiger charge is 2.18. The van der Waals surface area contributed by atoms with E-state index < -0.39 is 5.60 Å². The summed E-state index contributed by atoms with van der Waals surface area (Å²) in [4.78, 5) is 15.1. The van der Waals surface area contributed by atoms with Gasteiger partial charge in [-0.2, -0.15) is 0 Å². The lowest BCUT2D eigenvalue weighted by molar-refractivity contribution is 0.0508. The number of nitrogens with one attached hydrogen (secondary N) is 2. The highest BCUT2D eigenvalue weighted by molar-refractivity contribution is 14.1. The molecule has 5 heteroatoms. The van der Waals surface area contributed by atoms with Gasteiger partial charge >= 0.3 is 6.09 Å². The van der Waals surface area contributed by atoms with E-state index in [1.54, 1.807) is 0 Å². The van der Waals surface area contributed by atoms with Crippen molar-refractivity contribution in [1.29, 1.82) is 0 Å². The lowest BCUT2D eigenvalue weighted by atomic mass is 10.1. The number of amides is 1. The fourth-order valence-corrected chi connectivity index (χ4v) is 2.89. The Morgan fingerprint density at radius 1 is 1.43 bits per heavy atom. The van der Waals surface area contributed by atoms with Gasteiger partial charge in [-0.1, -0.05) is 12.1 Å². The molecule has 0 saturated heterocycles. The van der Waals surface area contributed by atoms with Crippen LogP contribution in [0.3, 0.4) is 0 Å². The first kappa shape index (κ1) is 16.1. The predicted molar refractivity (Wildman–Crippen MR) is 93.6 cm³/mol. The molecule has 1 atom stereocenters. The first-order chi connectivity index (χ1) is 9.76. The van der Waals surface area contributed by atoms with E-state index in [2.05, 4.69) is 45.0 Å². The van der Waals surface area contributed by atoms with E-state index in [4.69, 9.17) is 4.74 Å². The number of hydrogen-bond donors (Lipinski definition) is 2.